The molecule has 0 aromatic heterocycles. The van der Waals surface area contributed by atoms with E-state index in [1.54, 1.807) is 7.11 Å². The highest BCUT2D eigenvalue weighted by Gasteiger charge is 2.11. The number of unbranched alkanes of at least 4 members (excludes halogenated alkanes) is 1. The number of methoxy groups -OCH3 is 1. The average molecular weight is 249 g/mol. The van der Waals surface area contributed by atoms with E-state index in [4.69, 9.17) is 4.74 Å². The van der Waals surface area contributed by atoms with Crippen LogP contribution < -0.4 is 10.1 Å². The average Bonchev–Trinajstić information content (AvgIpc) is 2.40. The maximum absolute atomic E-state index is 5.42. The summed E-state index contributed by atoms with van der Waals surface area (Å²) in [4.78, 5) is 0. The summed E-state index contributed by atoms with van der Waals surface area (Å²) < 4.78 is 5.42. The lowest BCUT2D eigenvalue weighted by Gasteiger charge is -2.20. The van der Waals surface area contributed by atoms with Gasteiger partial charge in [0.15, 0.2) is 0 Å². The highest BCUT2D eigenvalue weighted by molar-refractivity contribution is 5.37. The summed E-state index contributed by atoms with van der Waals surface area (Å²) in [6.45, 7) is 7.61. The maximum Gasteiger partial charge on any atom is 0.122 e. The zero-order valence-corrected chi connectivity index (χ0v) is 12.3. The first-order valence-corrected chi connectivity index (χ1v) is 7.10. The lowest BCUT2D eigenvalue weighted by molar-refractivity contribution is 0.408. The van der Waals surface area contributed by atoms with Gasteiger partial charge in [0.2, 0.25) is 0 Å². The molecule has 0 saturated carbocycles. The van der Waals surface area contributed by atoms with Crippen LogP contribution in [0.15, 0.2) is 18.2 Å². The van der Waals surface area contributed by atoms with E-state index in [1.807, 2.05) is 0 Å². The summed E-state index contributed by atoms with van der Waals surface area (Å²) in [5.74, 6) is 0.993. The molecule has 0 heterocycles. The summed E-state index contributed by atoms with van der Waals surface area (Å²) in [5.41, 5.74) is 2.55. The molecule has 0 aliphatic heterocycles. The third-order valence-electron chi connectivity index (χ3n) is 3.32. The van der Waals surface area contributed by atoms with Crippen LogP contribution in [-0.4, -0.2) is 13.7 Å². The lowest BCUT2D eigenvalue weighted by Crippen LogP contribution is -2.22. The number of benzene rings is 1. The van der Waals surface area contributed by atoms with Gasteiger partial charge in [0.05, 0.1) is 7.11 Å². The Bertz CT molecular complexity index is 341. The van der Waals surface area contributed by atoms with Crippen molar-refractivity contribution in [2.45, 2.75) is 52.5 Å². The van der Waals surface area contributed by atoms with Gasteiger partial charge in [-0.25, -0.2) is 0 Å². The Kier molecular flexibility index (Phi) is 6.81. The van der Waals surface area contributed by atoms with Crippen molar-refractivity contribution < 1.29 is 4.74 Å². The van der Waals surface area contributed by atoms with E-state index in [1.165, 1.54) is 36.8 Å². The van der Waals surface area contributed by atoms with Crippen molar-refractivity contribution in [2.24, 2.45) is 0 Å². The standard InChI is InChI=1S/C16H27NO/c1-5-7-8-15(17-11-6-2)14-10-9-13(3)16(12-14)18-4/h9-10,12,15,17H,5-8,11H2,1-4H3. The number of ether oxygens (including phenoxy) is 1. The van der Waals surface area contributed by atoms with Crippen LogP contribution in [0.1, 0.15) is 56.7 Å². The molecule has 0 fully saturated rings. The third kappa shape index (κ3) is 4.34. The molecular formula is C16H27NO. The number of rotatable bonds is 8. The Labute approximate surface area is 112 Å². The van der Waals surface area contributed by atoms with Gasteiger partial charge in [0, 0.05) is 6.04 Å². The summed E-state index contributed by atoms with van der Waals surface area (Å²) in [6.07, 6.45) is 4.87. The molecule has 2 nitrogen and oxygen atoms in total. The van der Waals surface area contributed by atoms with Gasteiger partial charge in [-0.1, -0.05) is 38.8 Å². The van der Waals surface area contributed by atoms with Crippen molar-refractivity contribution in [1.82, 2.24) is 5.32 Å². The maximum atomic E-state index is 5.42. The zero-order valence-electron chi connectivity index (χ0n) is 12.3. The Balaban J connectivity index is 2.82. The van der Waals surface area contributed by atoms with Gasteiger partial charge in [-0.15, -0.1) is 0 Å². The predicted molar refractivity (Wildman–Crippen MR) is 78.3 cm³/mol. The van der Waals surface area contributed by atoms with E-state index in [0.29, 0.717) is 6.04 Å². The first kappa shape index (κ1) is 15.0. The fraction of sp³-hybridized carbons (Fsp3) is 0.625. The molecule has 1 aromatic rings. The minimum atomic E-state index is 0.458. The monoisotopic (exact) mass is 249 g/mol. The molecule has 1 N–H and O–H groups in total. The molecule has 1 rings (SSSR count). The molecule has 1 aromatic carbocycles. The molecule has 2 heteroatoms. The zero-order chi connectivity index (χ0) is 13.4. The lowest BCUT2D eigenvalue weighted by atomic mass is 9.99. The smallest absolute Gasteiger partial charge is 0.122 e. The molecule has 1 atom stereocenters. The van der Waals surface area contributed by atoms with E-state index in [0.717, 1.165) is 12.3 Å². The summed E-state index contributed by atoms with van der Waals surface area (Å²) in [6, 6.07) is 7.01. The van der Waals surface area contributed by atoms with Crippen LogP contribution in [0.3, 0.4) is 0 Å². The Morgan fingerprint density at radius 3 is 2.61 bits per heavy atom. The number of aryl methyl sites for hydroxylation is 1. The minimum absolute atomic E-state index is 0.458. The van der Waals surface area contributed by atoms with Gasteiger partial charge < -0.3 is 10.1 Å². The summed E-state index contributed by atoms with van der Waals surface area (Å²) in [7, 11) is 1.74. The molecule has 0 bridgehead atoms. The van der Waals surface area contributed by atoms with Crippen LogP contribution in [0.5, 0.6) is 5.75 Å². The molecule has 0 spiro atoms. The van der Waals surface area contributed by atoms with Gasteiger partial charge in [0.25, 0.3) is 0 Å². The second-order valence-electron chi connectivity index (χ2n) is 4.88. The topological polar surface area (TPSA) is 21.3 Å². The van der Waals surface area contributed by atoms with Crippen molar-refractivity contribution in [2.75, 3.05) is 13.7 Å². The third-order valence-corrected chi connectivity index (χ3v) is 3.32. The van der Waals surface area contributed by atoms with Gasteiger partial charge in [-0.05, 0) is 43.5 Å². The Morgan fingerprint density at radius 2 is 2.00 bits per heavy atom. The largest absolute Gasteiger partial charge is 0.496 e. The molecule has 0 amide bonds. The minimum Gasteiger partial charge on any atom is -0.496 e. The summed E-state index contributed by atoms with van der Waals surface area (Å²) in [5, 5.41) is 3.64. The van der Waals surface area contributed by atoms with E-state index in [2.05, 4.69) is 44.3 Å². The van der Waals surface area contributed by atoms with Crippen molar-refractivity contribution in [3.8, 4) is 5.75 Å². The highest BCUT2D eigenvalue weighted by Crippen LogP contribution is 2.26. The van der Waals surface area contributed by atoms with Crippen LogP contribution >= 0.6 is 0 Å². The van der Waals surface area contributed by atoms with E-state index in [9.17, 15) is 0 Å². The van der Waals surface area contributed by atoms with Crippen LogP contribution in [0.25, 0.3) is 0 Å². The Morgan fingerprint density at radius 1 is 1.22 bits per heavy atom. The quantitative estimate of drug-likeness (QED) is 0.744. The van der Waals surface area contributed by atoms with E-state index >= 15 is 0 Å². The molecular weight excluding hydrogens is 222 g/mol. The molecule has 0 aliphatic carbocycles. The Hall–Kier alpha value is -1.02. The molecule has 18 heavy (non-hydrogen) atoms. The second kappa shape index (κ2) is 8.15. The van der Waals surface area contributed by atoms with E-state index < -0.39 is 0 Å². The normalized spacial score (nSPS) is 12.4. The van der Waals surface area contributed by atoms with Crippen LogP contribution in [0.2, 0.25) is 0 Å². The fourth-order valence-corrected chi connectivity index (χ4v) is 2.17. The van der Waals surface area contributed by atoms with Gasteiger partial charge in [-0.2, -0.15) is 0 Å². The first-order chi connectivity index (χ1) is 8.72. The number of hydrogen-bond acceptors (Lipinski definition) is 2. The second-order valence-corrected chi connectivity index (χ2v) is 4.88. The van der Waals surface area contributed by atoms with Gasteiger partial charge in [-0.3, -0.25) is 0 Å². The van der Waals surface area contributed by atoms with Crippen LogP contribution in [0, 0.1) is 6.92 Å². The van der Waals surface area contributed by atoms with Gasteiger partial charge in [0.1, 0.15) is 5.75 Å². The van der Waals surface area contributed by atoms with Crippen molar-refractivity contribution in [1.29, 1.82) is 0 Å². The molecule has 0 saturated heterocycles. The summed E-state index contributed by atoms with van der Waals surface area (Å²) >= 11 is 0. The van der Waals surface area contributed by atoms with Crippen LogP contribution in [0.4, 0.5) is 0 Å². The fourth-order valence-electron chi connectivity index (χ4n) is 2.17. The van der Waals surface area contributed by atoms with Crippen molar-refractivity contribution >= 4 is 0 Å². The number of hydrogen-bond donors (Lipinski definition) is 1. The predicted octanol–water partition coefficient (Wildman–Crippen LogP) is 4.23. The first-order valence-electron chi connectivity index (χ1n) is 7.10. The SMILES string of the molecule is CCCCC(NCCC)c1ccc(C)c(OC)c1. The molecule has 102 valence electrons. The highest BCUT2D eigenvalue weighted by atomic mass is 16.5. The van der Waals surface area contributed by atoms with Crippen molar-refractivity contribution in [3.05, 3.63) is 29.3 Å². The molecule has 1 unspecified atom stereocenters. The van der Waals surface area contributed by atoms with Gasteiger partial charge >= 0.3 is 0 Å². The van der Waals surface area contributed by atoms with E-state index in [-0.39, 0.29) is 0 Å². The van der Waals surface area contributed by atoms with Crippen LogP contribution in [-0.2, 0) is 0 Å². The molecule has 0 aliphatic rings. The van der Waals surface area contributed by atoms with Crippen molar-refractivity contribution in [3.63, 3.8) is 0 Å². The molecule has 0 radical (unpaired) electrons. The number of nitrogens with one attached hydrogen (secondary N) is 1.